The molecule has 2 N–H and O–H groups in total. The molecule has 0 bridgehead atoms. The molecule has 2 saturated carbocycles. The quantitative estimate of drug-likeness (QED) is 0.845. The van der Waals surface area contributed by atoms with Gasteiger partial charge < -0.3 is 10.4 Å². The Labute approximate surface area is 143 Å². The summed E-state index contributed by atoms with van der Waals surface area (Å²) in [5.74, 6) is 0.798. The Bertz CT molecular complexity index is 797. The fourth-order valence-corrected chi connectivity index (χ4v) is 3.99. The fourth-order valence-electron chi connectivity index (χ4n) is 3.20. The van der Waals surface area contributed by atoms with Gasteiger partial charge in [0, 0.05) is 23.4 Å². The van der Waals surface area contributed by atoms with Crippen molar-refractivity contribution in [2.75, 3.05) is 0 Å². The summed E-state index contributed by atoms with van der Waals surface area (Å²) in [7, 11) is 0. The Morgan fingerprint density at radius 2 is 2.17 bits per heavy atom. The van der Waals surface area contributed by atoms with Crippen molar-refractivity contribution in [1.82, 2.24) is 10.3 Å². The highest BCUT2D eigenvalue weighted by Gasteiger charge is 2.50. The number of thiazole rings is 1. The third-order valence-electron chi connectivity index (χ3n) is 4.77. The number of hydrogen-bond acceptors (Lipinski definition) is 4. The fraction of sp³-hybridized carbons (Fsp3) is 0.389. The average Bonchev–Trinajstić information content (AvgIpc) is 3.48. The van der Waals surface area contributed by atoms with Crippen molar-refractivity contribution < 1.29 is 14.7 Å². The molecular formula is C18H18N2O3S. The molecule has 0 saturated heterocycles. The van der Waals surface area contributed by atoms with Crippen LogP contribution in [0.1, 0.15) is 35.3 Å². The van der Waals surface area contributed by atoms with E-state index in [0.29, 0.717) is 17.5 Å². The Morgan fingerprint density at radius 1 is 1.33 bits per heavy atom. The molecule has 2 aliphatic rings. The van der Waals surface area contributed by atoms with E-state index in [1.54, 1.807) is 0 Å². The predicted octanol–water partition coefficient (Wildman–Crippen LogP) is 3.17. The van der Waals surface area contributed by atoms with Gasteiger partial charge in [0.1, 0.15) is 5.01 Å². The van der Waals surface area contributed by atoms with Crippen molar-refractivity contribution in [3.63, 3.8) is 0 Å². The summed E-state index contributed by atoms with van der Waals surface area (Å²) in [6.07, 6.45) is 3.64. The monoisotopic (exact) mass is 342 g/mol. The SMILES string of the molecule is O=C(O)c1csc(-c2cccc(CNC(=O)C3CC3C3CC3)c2)n1. The van der Waals surface area contributed by atoms with Crippen LogP contribution in [0, 0.1) is 17.8 Å². The molecule has 124 valence electrons. The second kappa shape index (κ2) is 6.02. The highest BCUT2D eigenvalue weighted by atomic mass is 32.1. The Morgan fingerprint density at radius 3 is 2.88 bits per heavy atom. The molecule has 0 spiro atoms. The lowest BCUT2D eigenvalue weighted by molar-refractivity contribution is -0.122. The first-order valence-electron chi connectivity index (χ1n) is 8.17. The normalized spacial score (nSPS) is 22.2. The summed E-state index contributed by atoms with van der Waals surface area (Å²) < 4.78 is 0. The molecule has 0 radical (unpaired) electrons. The first-order valence-corrected chi connectivity index (χ1v) is 9.05. The van der Waals surface area contributed by atoms with E-state index in [1.807, 2.05) is 24.3 Å². The number of rotatable bonds is 6. The zero-order valence-corrected chi connectivity index (χ0v) is 13.9. The van der Waals surface area contributed by atoms with Gasteiger partial charge in [-0.15, -0.1) is 11.3 Å². The maximum atomic E-state index is 12.2. The molecule has 2 fully saturated rings. The number of aromatic nitrogens is 1. The van der Waals surface area contributed by atoms with E-state index in [1.165, 1.54) is 29.6 Å². The summed E-state index contributed by atoms with van der Waals surface area (Å²) in [6, 6.07) is 7.72. The molecule has 1 heterocycles. The molecule has 1 aromatic carbocycles. The summed E-state index contributed by atoms with van der Waals surface area (Å²) in [5, 5.41) is 14.2. The predicted molar refractivity (Wildman–Crippen MR) is 90.7 cm³/mol. The minimum absolute atomic E-state index is 0.0635. The van der Waals surface area contributed by atoms with Gasteiger partial charge in [0.05, 0.1) is 0 Å². The number of amides is 1. The lowest BCUT2D eigenvalue weighted by atomic mass is 10.1. The zero-order chi connectivity index (χ0) is 16.7. The smallest absolute Gasteiger partial charge is 0.355 e. The second-order valence-corrected chi connectivity index (χ2v) is 7.46. The zero-order valence-electron chi connectivity index (χ0n) is 13.1. The van der Waals surface area contributed by atoms with Crippen LogP contribution < -0.4 is 5.32 Å². The second-order valence-electron chi connectivity index (χ2n) is 6.60. The van der Waals surface area contributed by atoms with Gasteiger partial charge in [-0.25, -0.2) is 9.78 Å². The maximum Gasteiger partial charge on any atom is 0.355 e. The molecule has 0 aliphatic heterocycles. The van der Waals surface area contributed by atoms with Crippen LogP contribution in [0.5, 0.6) is 0 Å². The number of nitrogens with zero attached hydrogens (tertiary/aromatic N) is 1. The number of carboxylic acids is 1. The molecule has 2 atom stereocenters. The number of carbonyl (C=O) groups is 2. The van der Waals surface area contributed by atoms with Crippen LogP contribution in [0.2, 0.25) is 0 Å². The van der Waals surface area contributed by atoms with E-state index in [4.69, 9.17) is 5.11 Å². The number of benzene rings is 1. The van der Waals surface area contributed by atoms with Crippen molar-refractivity contribution in [3.05, 3.63) is 40.9 Å². The maximum absolute atomic E-state index is 12.2. The summed E-state index contributed by atoms with van der Waals surface area (Å²) in [6.45, 7) is 0.498. The molecule has 5 nitrogen and oxygen atoms in total. The standard InChI is InChI=1S/C18H18N2O3S/c21-16(14-7-13(14)11-4-5-11)19-8-10-2-1-3-12(6-10)17-20-15(9-24-17)18(22)23/h1-3,6,9,11,13-14H,4-5,7-8H2,(H,19,21)(H,22,23). The first kappa shape index (κ1) is 15.3. The van der Waals surface area contributed by atoms with Crippen LogP contribution in [0.15, 0.2) is 29.6 Å². The third kappa shape index (κ3) is 3.19. The van der Waals surface area contributed by atoms with E-state index < -0.39 is 5.97 Å². The van der Waals surface area contributed by atoms with Crippen molar-refractivity contribution in [1.29, 1.82) is 0 Å². The molecule has 6 heteroatoms. The molecule has 1 aromatic heterocycles. The molecule has 4 rings (SSSR count). The van der Waals surface area contributed by atoms with Crippen LogP contribution in [-0.4, -0.2) is 22.0 Å². The molecule has 24 heavy (non-hydrogen) atoms. The summed E-state index contributed by atoms with van der Waals surface area (Å²) >= 11 is 1.31. The highest BCUT2D eigenvalue weighted by molar-refractivity contribution is 7.13. The number of hydrogen-bond donors (Lipinski definition) is 2. The Balaban J connectivity index is 1.39. The number of aromatic carboxylic acids is 1. The first-order chi connectivity index (χ1) is 11.6. The average molecular weight is 342 g/mol. The summed E-state index contributed by atoms with van der Waals surface area (Å²) in [5.41, 5.74) is 1.94. The number of carboxylic acid groups (broad SMARTS) is 1. The molecule has 2 aliphatic carbocycles. The van der Waals surface area contributed by atoms with Crippen molar-refractivity contribution >= 4 is 23.2 Å². The molecular weight excluding hydrogens is 324 g/mol. The molecule has 2 unspecified atom stereocenters. The van der Waals surface area contributed by atoms with Gasteiger partial charge in [-0.2, -0.15) is 0 Å². The lowest BCUT2D eigenvalue weighted by Crippen LogP contribution is -2.25. The van der Waals surface area contributed by atoms with Gasteiger partial charge in [-0.1, -0.05) is 18.2 Å². The van der Waals surface area contributed by atoms with Crippen molar-refractivity contribution in [2.24, 2.45) is 17.8 Å². The van der Waals surface area contributed by atoms with Crippen LogP contribution in [-0.2, 0) is 11.3 Å². The highest BCUT2D eigenvalue weighted by Crippen LogP contribution is 2.54. The van der Waals surface area contributed by atoms with Gasteiger partial charge >= 0.3 is 5.97 Å². The van der Waals surface area contributed by atoms with E-state index in [-0.39, 0.29) is 17.5 Å². The number of nitrogens with one attached hydrogen (secondary N) is 1. The topological polar surface area (TPSA) is 79.3 Å². The van der Waals surface area contributed by atoms with Crippen LogP contribution in [0.25, 0.3) is 10.6 Å². The van der Waals surface area contributed by atoms with Gasteiger partial charge in [0.25, 0.3) is 0 Å². The Kier molecular flexibility index (Phi) is 3.84. The van der Waals surface area contributed by atoms with Crippen LogP contribution in [0.4, 0.5) is 0 Å². The minimum Gasteiger partial charge on any atom is -0.476 e. The van der Waals surface area contributed by atoms with E-state index in [2.05, 4.69) is 10.3 Å². The lowest BCUT2D eigenvalue weighted by Gasteiger charge is -2.06. The van der Waals surface area contributed by atoms with Gasteiger partial charge in [-0.3, -0.25) is 4.79 Å². The number of carbonyl (C=O) groups excluding carboxylic acids is 1. The van der Waals surface area contributed by atoms with Gasteiger partial charge in [0.2, 0.25) is 5.91 Å². The third-order valence-corrected chi connectivity index (χ3v) is 5.66. The van der Waals surface area contributed by atoms with Crippen LogP contribution >= 0.6 is 11.3 Å². The van der Waals surface area contributed by atoms with Gasteiger partial charge in [-0.05, 0) is 42.7 Å². The minimum atomic E-state index is -1.02. The molecule has 1 amide bonds. The van der Waals surface area contributed by atoms with Crippen molar-refractivity contribution in [3.8, 4) is 10.6 Å². The van der Waals surface area contributed by atoms with Crippen molar-refractivity contribution in [2.45, 2.75) is 25.8 Å². The Hall–Kier alpha value is -2.21. The van der Waals surface area contributed by atoms with Gasteiger partial charge in [0.15, 0.2) is 5.69 Å². The van der Waals surface area contributed by atoms with E-state index in [0.717, 1.165) is 23.5 Å². The largest absolute Gasteiger partial charge is 0.476 e. The van der Waals surface area contributed by atoms with E-state index in [9.17, 15) is 9.59 Å². The molecule has 2 aromatic rings. The summed E-state index contributed by atoms with van der Waals surface area (Å²) in [4.78, 5) is 27.2. The van der Waals surface area contributed by atoms with Crippen LogP contribution in [0.3, 0.4) is 0 Å². The van der Waals surface area contributed by atoms with E-state index >= 15 is 0 Å².